The molecule has 1 aliphatic carbocycles. The molecule has 24 heavy (non-hydrogen) atoms. The van der Waals surface area contributed by atoms with Crippen molar-refractivity contribution in [3.63, 3.8) is 0 Å². The van der Waals surface area contributed by atoms with Gasteiger partial charge in [0.25, 0.3) is 5.91 Å². The second-order valence-electron chi connectivity index (χ2n) is 6.95. The zero-order valence-corrected chi connectivity index (χ0v) is 14.2. The second-order valence-corrected chi connectivity index (χ2v) is 9.11. The summed E-state index contributed by atoms with van der Waals surface area (Å²) in [6.45, 7) is 0.797. The van der Waals surface area contributed by atoms with E-state index in [0.717, 1.165) is 19.3 Å². The number of nitrogens with zero attached hydrogens (tertiary/aromatic N) is 2. The fourth-order valence-electron chi connectivity index (χ4n) is 3.99. The minimum Gasteiger partial charge on any atom is -0.357 e. The quantitative estimate of drug-likeness (QED) is 0.828. The molecule has 3 fully saturated rings. The van der Waals surface area contributed by atoms with E-state index < -0.39 is 21.9 Å². The van der Waals surface area contributed by atoms with Gasteiger partial charge in [0.05, 0.1) is 23.6 Å². The maximum Gasteiger partial charge on any atom is 0.270 e. The van der Waals surface area contributed by atoms with Crippen molar-refractivity contribution < 1.29 is 18.0 Å². The zero-order chi connectivity index (χ0) is 16.9. The van der Waals surface area contributed by atoms with Crippen molar-refractivity contribution in [3.8, 4) is 0 Å². The van der Waals surface area contributed by atoms with E-state index in [1.165, 1.54) is 0 Å². The first-order valence-corrected chi connectivity index (χ1v) is 10.2. The Morgan fingerprint density at radius 1 is 1.08 bits per heavy atom. The average molecular weight is 351 g/mol. The van der Waals surface area contributed by atoms with Crippen LogP contribution >= 0.6 is 0 Å². The van der Waals surface area contributed by atoms with E-state index in [9.17, 15) is 18.0 Å². The molecule has 2 saturated heterocycles. The molecule has 8 heteroatoms. The van der Waals surface area contributed by atoms with Crippen molar-refractivity contribution in [2.75, 3.05) is 24.6 Å². The normalized spacial score (nSPS) is 29.2. The van der Waals surface area contributed by atoms with Gasteiger partial charge in [-0.3, -0.25) is 9.59 Å². The molecule has 1 saturated carbocycles. The lowest BCUT2D eigenvalue weighted by atomic mass is 9.83. The predicted octanol–water partition coefficient (Wildman–Crippen LogP) is 0.265. The Labute approximate surface area is 140 Å². The molecule has 0 spiro atoms. The predicted molar refractivity (Wildman–Crippen MR) is 87.1 cm³/mol. The monoisotopic (exact) mass is 351 g/mol. The number of nitrogens with one attached hydrogen (secondary N) is 1. The van der Waals surface area contributed by atoms with Gasteiger partial charge in [-0.25, -0.2) is 8.42 Å². The van der Waals surface area contributed by atoms with Crippen molar-refractivity contribution in [2.24, 2.45) is 5.92 Å². The number of fused-ring (bicyclic) bond motifs is 1. The molecule has 2 atom stereocenters. The summed E-state index contributed by atoms with van der Waals surface area (Å²) in [6, 6.07) is 2.58. The van der Waals surface area contributed by atoms with Gasteiger partial charge < -0.3 is 14.8 Å². The van der Waals surface area contributed by atoms with Gasteiger partial charge in [-0.1, -0.05) is 6.42 Å². The highest BCUT2D eigenvalue weighted by atomic mass is 32.2. The molecule has 3 heterocycles. The molecule has 3 aliphatic rings. The standard InChI is InChI=1S/C16H21N3O4S/c20-15(11-3-1-4-11)18-7-8-19(16(21)12-5-2-6-17-12)14-10-24(22,23)9-13(14)18/h2,5-6,11,13-14,17H,1,3-4,7-10H2/t13-,14+/m1/s1. The van der Waals surface area contributed by atoms with Gasteiger partial charge in [0, 0.05) is 25.2 Å². The summed E-state index contributed by atoms with van der Waals surface area (Å²) < 4.78 is 24.4. The fraction of sp³-hybridized carbons (Fsp3) is 0.625. The number of amides is 2. The lowest BCUT2D eigenvalue weighted by Crippen LogP contribution is -2.63. The molecule has 1 aromatic rings. The summed E-state index contributed by atoms with van der Waals surface area (Å²) in [4.78, 5) is 31.6. The molecule has 4 rings (SSSR count). The van der Waals surface area contributed by atoms with E-state index >= 15 is 0 Å². The number of sulfone groups is 1. The molecule has 0 unspecified atom stereocenters. The van der Waals surface area contributed by atoms with E-state index in [4.69, 9.17) is 0 Å². The highest BCUT2D eigenvalue weighted by Crippen LogP contribution is 2.33. The zero-order valence-electron chi connectivity index (χ0n) is 13.3. The molecule has 2 amide bonds. The van der Waals surface area contributed by atoms with Gasteiger partial charge in [0.15, 0.2) is 9.84 Å². The first-order chi connectivity index (χ1) is 11.5. The van der Waals surface area contributed by atoms with Gasteiger partial charge in [0.1, 0.15) is 5.69 Å². The highest BCUT2D eigenvalue weighted by molar-refractivity contribution is 7.91. The van der Waals surface area contributed by atoms with Crippen molar-refractivity contribution in [3.05, 3.63) is 24.0 Å². The molecular formula is C16H21N3O4S. The first kappa shape index (κ1) is 15.7. The summed E-state index contributed by atoms with van der Waals surface area (Å²) in [5.41, 5.74) is 0.455. The van der Waals surface area contributed by atoms with Crippen LogP contribution in [-0.4, -0.2) is 71.7 Å². The van der Waals surface area contributed by atoms with Gasteiger partial charge in [-0.05, 0) is 25.0 Å². The molecule has 0 aromatic carbocycles. The Bertz CT molecular complexity index is 754. The molecule has 0 bridgehead atoms. The minimum atomic E-state index is -3.24. The van der Waals surface area contributed by atoms with E-state index in [-0.39, 0.29) is 29.2 Å². The maximum absolute atomic E-state index is 12.7. The van der Waals surface area contributed by atoms with Crippen LogP contribution in [0.2, 0.25) is 0 Å². The van der Waals surface area contributed by atoms with Gasteiger partial charge in [-0.15, -0.1) is 0 Å². The van der Waals surface area contributed by atoms with Crippen LogP contribution in [0.1, 0.15) is 29.8 Å². The summed E-state index contributed by atoms with van der Waals surface area (Å²) in [5.74, 6) is -0.175. The summed E-state index contributed by atoms with van der Waals surface area (Å²) >= 11 is 0. The van der Waals surface area contributed by atoms with Crippen LogP contribution in [0.25, 0.3) is 0 Å². The average Bonchev–Trinajstić information content (AvgIpc) is 3.09. The van der Waals surface area contributed by atoms with Crippen LogP contribution < -0.4 is 0 Å². The number of aromatic nitrogens is 1. The molecule has 1 N–H and O–H groups in total. The lowest BCUT2D eigenvalue weighted by molar-refractivity contribution is -0.143. The Morgan fingerprint density at radius 2 is 1.75 bits per heavy atom. The number of H-pyrrole nitrogens is 1. The number of hydrogen-bond donors (Lipinski definition) is 1. The Hall–Kier alpha value is -1.83. The number of piperazine rings is 1. The van der Waals surface area contributed by atoms with Crippen molar-refractivity contribution in [1.29, 1.82) is 0 Å². The van der Waals surface area contributed by atoms with Crippen molar-refractivity contribution in [1.82, 2.24) is 14.8 Å². The second kappa shape index (κ2) is 5.61. The fourth-order valence-corrected chi connectivity index (χ4v) is 5.97. The Balaban J connectivity index is 1.60. The largest absolute Gasteiger partial charge is 0.357 e. The SMILES string of the molecule is O=C(C1CCC1)N1CCN(C(=O)c2ccc[nH]2)[C@H]2CS(=O)(=O)C[C@H]21. The van der Waals surface area contributed by atoms with E-state index in [0.29, 0.717) is 18.8 Å². The third-order valence-electron chi connectivity index (χ3n) is 5.50. The molecule has 0 radical (unpaired) electrons. The topological polar surface area (TPSA) is 90.6 Å². The van der Waals surface area contributed by atoms with Crippen LogP contribution in [0, 0.1) is 5.92 Å². The summed E-state index contributed by atoms with van der Waals surface area (Å²) in [5, 5.41) is 0. The third kappa shape index (κ3) is 2.53. The molecule has 7 nitrogen and oxygen atoms in total. The van der Waals surface area contributed by atoms with Crippen LogP contribution in [0.4, 0.5) is 0 Å². The van der Waals surface area contributed by atoms with Gasteiger partial charge in [-0.2, -0.15) is 0 Å². The van der Waals surface area contributed by atoms with Crippen LogP contribution in [0.5, 0.6) is 0 Å². The van der Waals surface area contributed by atoms with Crippen molar-refractivity contribution in [2.45, 2.75) is 31.3 Å². The van der Waals surface area contributed by atoms with Crippen LogP contribution in [0.3, 0.4) is 0 Å². The van der Waals surface area contributed by atoms with Gasteiger partial charge >= 0.3 is 0 Å². The van der Waals surface area contributed by atoms with E-state index in [1.54, 1.807) is 28.1 Å². The Morgan fingerprint density at radius 3 is 2.33 bits per heavy atom. The summed E-state index contributed by atoms with van der Waals surface area (Å²) in [6.07, 6.45) is 4.52. The molecule has 1 aromatic heterocycles. The van der Waals surface area contributed by atoms with E-state index in [2.05, 4.69) is 4.98 Å². The molecule has 130 valence electrons. The number of hydrogen-bond acceptors (Lipinski definition) is 4. The van der Waals surface area contributed by atoms with Crippen LogP contribution in [0.15, 0.2) is 18.3 Å². The lowest BCUT2D eigenvalue weighted by Gasteiger charge is -2.45. The summed E-state index contributed by atoms with van der Waals surface area (Å²) in [7, 11) is -3.24. The van der Waals surface area contributed by atoms with Crippen LogP contribution in [-0.2, 0) is 14.6 Å². The Kier molecular flexibility index (Phi) is 3.67. The number of carbonyl (C=O) groups is 2. The van der Waals surface area contributed by atoms with Gasteiger partial charge in [0.2, 0.25) is 5.91 Å². The molecule has 2 aliphatic heterocycles. The number of carbonyl (C=O) groups excluding carboxylic acids is 2. The first-order valence-electron chi connectivity index (χ1n) is 8.41. The van der Waals surface area contributed by atoms with E-state index in [1.807, 2.05) is 0 Å². The smallest absolute Gasteiger partial charge is 0.270 e. The number of rotatable bonds is 2. The molecular weight excluding hydrogens is 330 g/mol. The third-order valence-corrected chi connectivity index (χ3v) is 7.20. The maximum atomic E-state index is 12.7. The minimum absolute atomic E-state index is 0.0371. The van der Waals surface area contributed by atoms with Crippen molar-refractivity contribution >= 4 is 21.7 Å². The highest BCUT2D eigenvalue weighted by Gasteiger charge is 2.50. The number of aromatic amines is 1.